The molecule has 4 heteroatoms. The Morgan fingerprint density at radius 1 is 1.37 bits per heavy atom. The molecule has 0 amide bonds. The van der Waals surface area contributed by atoms with Crippen LogP contribution in [-0.4, -0.2) is 25.3 Å². The minimum Gasteiger partial charge on any atom is -0.327 e. The third kappa shape index (κ3) is 2.67. The summed E-state index contributed by atoms with van der Waals surface area (Å²) in [4.78, 5) is 0. The van der Waals surface area contributed by atoms with Crippen LogP contribution in [0, 0.1) is 29.1 Å². The van der Waals surface area contributed by atoms with Gasteiger partial charge in [0.1, 0.15) is 0 Å². The Kier molecular flexibility index (Phi) is 4.27. The number of nitrogens with zero attached hydrogens (tertiary/aromatic N) is 1. The Balaban J connectivity index is 1.99. The van der Waals surface area contributed by atoms with Crippen molar-refractivity contribution in [3.8, 4) is 18.4 Å². The Bertz CT molecular complexity index is 410. The lowest BCUT2D eigenvalue weighted by atomic mass is 9.78. The van der Waals surface area contributed by atoms with Gasteiger partial charge in [-0.3, -0.25) is 0 Å². The molecule has 3 saturated heterocycles. The molecule has 0 aromatic rings. The Morgan fingerprint density at radius 3 is 2.68 bits per heavy atom. The highest BCUT2D eigenvalue weighted by molar-refractivity contribution is 5.07. The van der Waals surface area contributed by atoms with Crippen molar-refractivity contribution in [2.45, 2.75) is 44.2 Å². The van der Waals surface area contributed by atoms with Gasteiger partial charge >= 0.3 is 0 Å². The lowest BCUT2D eigenvalue weighted by Crippen LogP contribution is -2.64. The van der Waals surface area contributed by atoms with Gasteiger partial charge in [-0.1, -0.05) is 6.08 Å². The first-order valence-corrected chi connectivity index (χ1v) is 6.60. The van der Waals surface area contributed by atoms with Crippen LogP contribution >= 0.6 is 0 Å². The van der Waals surface area contributed by atoms with Gasteiger partial charge < -0.3 is 14.2 Å². The molecule has 0 spiro atoms. The molecule has 4 nitrogen and oxygen atoms in total. The van der Waals surface area contributed by atoms with Crippen LogP contribution < -0.4 is 0 Å². The molecule has 19 heavy (non-hydrogen) atoms. The number of hydrogen-bond acceptors (Lipinski definition) is 4. The first-order valence-electron chi connectivity index (χ1n) is 6.60. The summed E-state index contributed by atoms with van der Waals surface area (Å²) >= 11 is 0. The first-order chi connectivity index (χ1) is 9.20. The second-order valence-electron chi connectivity index (χ2n) is 5.15. The zero-order chi connectivity index (χ0) is 13.8. The number of hydrogen-bond donors (Lipinski definition) is 0. The maximum Gasteiger partial charge on any atom is 0.284 e. The van der Waals surface area contributed by atoms with Gasteiger partial charge in [0.15, 0.2) is 6.10 Å². The Hall–Kier alpha value is -1.33. The van der Waals surface area contributed by atoms with Gasteiger partial charge in [0, 0.05) is 12.8 Å². The van der Waals surface area contributed by atoms with E-state index in [0.717, 1.165) is 19.3 Å². The van der Waals surface area contributed by atoms with Crippen LogP contribution in [0.1, 0.15) is 32.1 Å². The van der Waals surface area contributed by atoms with E-state index in [-0.39, 0.29) is 0 Å². The third-order valence-electron chi connectivity index (χ3n) is 3.73. The number of unbranched alkanes of at least 4 members (excludes halogenated alkanes) is 2. The fourth-order valence-electron chi connectivity index (χ4n) is 2.56. The summed E-state index contributed by atoms with van der Waals surface area (Å²) in [6.07, 6.45) is 10.3. The second-order valence-corrected chi connectivity index (χ2v) is 5.15. The maximum absolute atomic E-state index is 9.28. The van der Waals surface area contributed by atoms with Gasteiger partial charge in [-0.2, -0.15) is 5.26 Å². The average molecular weight is 261 g/mol. The third-order valence-corrected chi connectivity index (χ3v) is 3.73. The summed E-state index contributed by atoms with van der Waals surface area (Å²) in [5.74, 6) is 1.56. The normalized spacial score (nSPS) is 36.4. The molecule has 0 aromatic heterocycles. The molecule has 1 atom stereocenters. The monoisotopic (exact) mass is 261 g/mol. The summed E-state index contributed by atoms with van der Waals surface area (Å²) in [6.45, 7) is 4.68. The van der Waals surface area contributed by atoms with Crippen molar-refractivity contribution in [1.82, 2.24) is 0 Å². The van der Waals surface area contributed by atoms with Crippen LogP contribution in [0.3, 0.4) is 0 Å². The smallest absolute Gasteiger partial charge is 0.284 e. The van der Waals surface area contributed by atoms with Crippen LogP contribution in [0.5, 0.6) is 0 Å². The maximum atomic E-state index is 9.28. The molecule has 1 unspecified atom stereocenters. The summed E-state index contributed by atoms with van der Waals surface area (Å²) in [5, 5.41) is 9.28. The number of allylic oxidation sites excluding steroid dienone is 1. The molecule has 3 heterocycles. The minimum atomic E-state index is -1.04. The van der Waals surface area contributed by atoms with Gasteiger partial charge in [0.25, 0.3) is 5.97 Å². The lowest BCUT2D eigenvalue weighted by Gasteiger charge is -2.54. The van der Waals surface area contributed by atoms with Crippen molar-refractivity contribution in [2.24, 2.45) is 5.41 Å². The van der Waals surface area contributed by atoms with Gasteiger partial charge in [-0.05, 0) is 19.3 Å². The number of rotatable bonds is 6. The zero-order valence-electron chi connectivity index (χ0n) is 11.1. The van der Waals surface area contributed by atoms with E-state index in [1.165, 1.54) is 0 Å². The van der Waals surface area contributed by atoms with Gasteiger partial charge in [0.2, 0.25) is 0 Å². The van der Waals surface area contributed by atoms with E-state index in [9.17, 15) is 5.26 Å². The molecule has 3 aliphatic heterocycles. The van der Waals surface area contributed by atoms with Crippen molar-refractivity contribution in [1.29, 1.82) is 5.26 Å². The molecule has 102 valence electrons. The SMILES string of the molecule is C#CCCCCC12OCC(CC=C)(CO1)C(C#N)O2. The summed E-state index contributed by atoms with van der Waals surface area (Å²) in [7, 11) is 0. The Morgan fingerprint density at radius 2 is 2.11 bits per heavy atom. The van der Waals surface area contributed by atoms with Gasteiger partial charge in [0.05, 0.1) is 24.7 Å². The molecule has 3 aliphatic rings. The standard InChI is InChI=1S/C15H19NO3/c1-3-5-6-7-9-15-17-11-14(8-4-2,12-18-15)13(10-16)19-15/h1,4,13H,2,5-9,11-12H2. The molecule has 2 bridgehead atoms. The molecular weight excluding hydrogens is 242 g/mol. The lowest BCUT2D eigenvalue weighted by molar-refractivity contribution is -0.482. The number of ether oxygens (including phenoxy) is 3. The molecule has 0 N–H and O–H groups in total. The van der Waals surface area contributed by atoms with E-state index in [1.807, 2.05) is 0 Å². The van der Waals surface area contributed by atoms with E-state index >= 15 is 0 Å². The molecule has 0 saturated carbocycles. The van der Waals surface area contributed by atoms with Crippen molar-refractivity contribution in [3.63, 3.8) is 0 Å². The molecular formula is C15H19NO3. The summed E-state index contributed by atoms with van der Waals surface area (Å²) in [6, 6.07) is 2.22. The van der Waals surface area contributed by atoms with E-state index in [4.69, 9.17) is 20.6 Å². The molecule has 0 aromatic carbocycles. The van der Waals surface area contributed by atoms with Crippen LogP contribution in [0.15, 0.2) is 12.7 Å². The highest BCUT2D eigenvalue weighted by Gasteiger charge is 2.57. The average Bonchev–Trinajstić information content (AvgIpc) is 2.45. The van der Waals surface area contributed by atoms with Crippen LogP contribution in [0.25, 0.3) is 0 Å². The molecule has 0 aliphatic carbocycles. The van der Waals surface area contributed by atoms with Crippen LogP contribution in [-0.2, 0) is 14.2 Å². The molecule has 3 rings (SSSR count). The van der Waals surface area contributed by atoms with Crippen molar-refractivity contribution >= 4 is 0 Å². The molecule has 3 fully saturated rings. The fraction of sp³-hybridized carbons (Fsp3) is 0.667. The van der Waals surface area contributed by atoms with Gasteiger partial charge in [-0.25, -0.2) is 0 Å². The van der Waals surface area contributed by atoms with Crippen molar-refractivity contribution < 1.29 is 14.2 Å². The van der Waals surface area contributed by atoms with Crippen LogP contribution in [0.4, 0.5) is 0 Å². The molecule has 0 radical (unpaired) electrons. The second kappa shape index (κ2) is 5.75. The highest BCUT2D eigenvalue weighted by atomic mass is 16.9. The summed E-state index contributed by atoms with van der Waals surface area (Å²) in [5.41, 5.74) is -0.406. The van der Waals surface area contributed by atoms with Crippen LogP contribution in [0.2, 0.25) is 0 Å². The van der Waals surface area contributed by atoms with Gasteiger partial charge in [-0.15, -0.1) is 18.9 Å². The highest BCUT2D eigenvalue weighted by Crippen LogP contribution is 2.46. The van der Waals surface area contributed by atoms with E-state index in [2.05, 4.69) is 18.6 Å². The fourth-order valence-corrected chi connectivity index (χ4v) is 2.56. The quantitative estimate of drug-likeness (QED) is 0.418. The number of nitriles is 1. The predicted molar refractivity (Wildman–Crippen MR) is 69.7 cm³/mol. The van der Waals surface area contributed by atoms with E-state index in [0.29, 0.717) is 26.1 Å². The van der Waals surface area contributed by atoms with E-state index < -0.39 is 17.5 Å². The Labute approximate surface area is 114 Å². The predicted octanol–water partition coefficient (Wildman–Crippen LogP) is 2.37. The largest absolute Gasteiger partial charge is 0.327 e. The van der Waals surface area contributed by atoms with E-state index in [1.54, 1.807) is 6.08 Å². The van der Waals surface area contributed by atoms with Crippen molar-refractivity contribution in [2.75, 3.05) is 13.2 Å². The number of terminal acetylenes is 1. The topological polar surface area (TPSA) is 51.5 Å². The number of fused-ring (bicyclic) bond motifs is 3. The minimum absolute atomic E-state index is 0.406. The van der Waals surface area contributed by atoms with Crippen molar-refractivity contribution in [3.05, 3.63) is 12.7 Å². The first kappa shape index (κ1) is 14.1. The summed E-state index contributed by atoms with van der Waals surface area (Å²) < 4.78 is 17.2. The zero-order valence-corrected chi connectivity index (χ0v) is 11.1.